The highest BCUT2D eigenvalue weighted by molar-refractivity contribution is 5.92. The Balaban J connectivity index is 2.90. The molecule has 0 aliphatic carbocycles. The summed E-state index contributed by atoms with van der Waals surface area (Å²) in [5, 5.41) is 10.8. The number of hydrogen-bond acceptors (Lipinski definition) is 4. The summed E-state index contributed by atoms with van der Waals surface area (Å²) in [6.07, 6.45) is 1.12. The van der Waals surface area contributed by atoms with Gasteiger partial charge in [-0.15, -0.1) is 0 Å². The van der Waals surface area contributed by atoms with E-state index in [1.807, 2.05) is 0 Å². The van der Waals surface area contributed by atoms with Crippen molar-refractivity contribution in [2.24, 2.45) is 5.16 Å². The zero-order chi connectivity index (χ0) is 8.27. The van der Waals surface area contributed by atoms with Gasteiger partial charge in [0.1, 0.15) is 12.0 Å². The van der Waals surface area contributed by atoms with Gasteiger partial charge in [-0.1, -0.05) is 5.16 Å². The molecule has 1 rings (SSSR count). The molecule has 0 saturated carbocycles. The van der Waals surface area contributed by atoms with Crippen molar-refractivity contribution in [1.29, 1.82) is 0 Å². The van der Waals surface area contributed by atoms with Crippen LogP contribution in [0.25, 0.3) is 0 Å². The highest BCUT2D eigenvalue weighted by Gasteiger charge is 2.03. The van der Waals surface area contributed by atoms with Crippen LogP contribution in [0.15, 0.2) is 21.7 Å². The van der Waals surface area contributed by atoms with E-state index in [1.165, 1.54) is 13.0 Å². The first-order chi connectivity index (χ1) is 5.24. The van der Waals surface area contributed by atoms with E-state index < -0.39 is 0 Å². The molecule has 11 heavy (non-hydrogen) atoms. The molecular formula is C7H7NO3. The van der Waals surface area contributed by atoms with Crippen molar-refractivity contribution < 1.29 is 14.4 Å². The molecular weight excluding hydrogens is 146 g/mol. The lowest BCUT2D eigenvalue weighted by Gasteiger charge is -1.84. The molecule has 4 nitrogen and oxygen atoms in total. The number of nitrogens with zero attached hydrogens (tertiary/aromatic N) is 1. The van der Waals surface area contributed by atoms with Crippen LogP contribution in [0.1, 0.15) is 23.2 Å². The molecule has 0 bridgehead atoms. The average Bonchev–Trinajstić information content (AvgIpc) is 2.37. The topological polar surface area (TPSA) is 62.8 Å². The Morgan fingerprint density at radius 1 is 1.73 bits per heavy atom. The van der Waals surface area contributed by atoms with Crippen molar-refractivity contribution in [2.45, 2.75) is 6.92 Å². The minimum absolute atomic E-state index is 0.150. The highest BCUT2D eigenvalue weighted by atomic mass is 16.4. The molecule has 0 aliphatic heterocycles. The van der Waals surface area contributed by atoms with Gasteiger partial charge >= 0.3 is 0 Å². The Kier molecular flexibility index (Phi) is 2.06. The molecule has 0 aliphatic rings. The fourth-order valence-electron chi connectivity index (χ4n) is 0.668. The lowest BCUT2D eigenvalue weighted by atomic mass is 10.3. The Morgan fingerprint density at radius 2 is 2.45 bits per heavy atom. The summed E-state index contributed by atoms with van der Waals surface area (Å²) >= 11 is 0. The van der Waals surface area contributed by atoms with Crippen molar-refractivity contribution in [3.8, 4) is 0 Å². The number of hydrogen-bond donors (Lipinski definition) is 1. The predicted octanol–water partition coefficient (Wildman–Crippen LogP) is 1.29. The molecule has 1 N–H and O–H groups in total. The second-order valence-electron chi connectivity index (χ2n) is 2.00. The molecule has 0 atom stereocenters. The van der Waals surface area contributed by atoms with Gasteiger partial charge in [0, 0.05) is 6.92 Å². The van der Waals surface area contributed by atoms with E-state index in [1.54, 1.807) is 6.07 Å². The third-order valence-electron chi connectivity index (χ3n) is 1.16. The molecule has 0 saturated heterocycles. The van der Waals surface area contributed by atoms with E-state index in [4.69, 9.17) is 9.62 Å². The maximum atomic E-state index is 10.7. The van der Waals surface area contributed by atoms with Crippen molar-refractivity contribution >= 4 is 12.0 Å². The van der Waals surface area contributed by atoms with Crippen molar-refractivity contribution in [3.05, 3.63) is 23.7 Å². The van der Waals surface area contributed by atoms with Crippen LogP contribution in [0.2, 0.25) is 0 Å². The number of carbonyl (C=O) groups excluding carboxylic acids is 1. The zero-order valence-electron chi connectivity index (χ0n) is 5.94. The quantitative estimate of drug-likeness (QED) is 0.301. The Labute approximate surface area is 63.1 Å². The summed E-state index contributed by atoms with van der Waals surface area (Å²) in [5.74, 6) is 0.472. The number of oxime groups is 1. The summed E-state index contributed by atoms with van der Waals surface area (Å²) in [4.78, 5) is 10.7. The first-order valence-electron chi connectivity index (χ1n) is 3.02. The lowest BCUT2D eigenvalue weighted by molar-refractivity contribution is 0.0987. The molecule has 0 aromatic carbocycles. The fourth-order valence-corrected chi connectivity index (χ4v) is 0.668. The van der Waals surface area contributed by atoms with Gasteiger partial charge in [0.25, 0.3) is 0 Å². The Morgan fingerprint density at radius 3 is 2.91 bits per heavy atom. The predicted molar refractivity (Wildman–Crippen MR) is 38.1 cm³/mol. The van der Waals surface area contributed by atoms with Crippen molar-refractivity contribution in [1.82, 2.24) is 0 Å². The summed E-state index contributed by atoms with van der Waals surface area (Å²) in [6, 6.07) is 3.08. The van der Waals surface area contributed by atoms with Gasteiger partial charge in [-0.05, 0) is 12.1 Å². The number of ketones is 1. The van der Waals surface area contributed by atoms with E-state index in [0.717, 1.165) is 6.21 Å². The SMILES string of the molecule is CC(=O)c1ccc(/C=N\O)o1. The summed E-state index contributed by atoms with van der Waals surface area (Å²) in [5.41, 5.74) is 0. The van der Waals surface area contributed by atoms with Crippen LogP contribution < -0.4 is 0 Å². The van der Waals surface area contributed by atoms with Crippen LogP contribution >= 0.6 is 0 Å². The van der Waals surface area contributed by atoms with Gasteiger partial charge in [-0.25, -0.2) is 0 Å². The number of rotatable bonds is 2. The van der Waals surface area contributed by atoms with E-state index in [9.17, 15) is 4.79 Å². The summed E-state index contributed by atoms with van der Waals surface area (Å²) in [7, 11) is 0. The molecule has 0 radical (unpaired) electrons. The second-order valence-corrected chi connectivity index (χ2v) is 2.00. The molecule has 0 unspecified atom stereocenters. The minimum Gasteiger partial charge on any atom is -0.452 e. The van der Waals surface area contributed by atoms with Gasteiger partial charge in [0.15, 0.2) is 11.5 Å². The normalized spacial score (nSPS) is 10.6. The lowest BCUT2D eigenvalue weighted by Crippen LogP contribution is -1.86. The molecule has 0 spiro atoms. The summed E-state index contributed by atoms with van der Waals surface area (Å²) < 4.78 is 4.93. The highest BCUT2D eigenvalue weighted by Crippen LogP contribution is 2.05. The molecule has 1 heterocycles. The van der Waals surface area contributed by atoms with Crippen LogP contribution in [0, 0.1) is 0 Å². The average molecular weight is 153 g/mol. The van der Waals surface area contributed by atoms with E-state index in [0.29, 0.717) is 5.76 Å². The van der Waals surface area contributed by atoms with Crippen LogP contribution in [0.4, 0.5) is 0 Å². The van der Waals surface area contributed by atoms with Crippen LogP contribution in [0.5, 0.6) is 0 Å². The summed E-state index contributed by atoms with van der Waals surface area (Å²) in [6.45, 7) is 1.40. The van der Waals surface area contributed by atoms with Gasteiger partial charge in [-0.3, -0.25) is 4.79 Å². The maximum absolute atomic E-state index is 10.7. The maximum Gasteiger partial charge on any atom is 0.194 e. The fraction of sp³-hybridized carbons (Fsp3) is 0.143. The third-order valence-corrected chi connectivity index (χ3v) is 1.16. The smallest absolute Gasteiger partial charge is 0.194 e. The van der Waals surface area contributed by atoms with E-state index in [2.05, 4.69) is 5.16 Å². The number of carbonyl (C=O) groups is 1. The van der Waals surface area contributed by atoms with Gasteiger partial charge in [0.2, 0.25) is 0 Å². The van der Waals surface area contributed by atoms with Crippen LogP contribution in [-0.4, -0.2) is 17.2 Å². The van der Waals surface area contributed by atoms with E-state index >= 15 is 0 Å². The van der Waals surface area contributed by atoms with Gasteiger partial charge in [0.05, 0.1) is 0 Å². The van der Waals surface area contributed by atoms with Gasteiger partial charge in [-0.2, -0.15) is 0 Å². The molecule has 58 valence electrons. The van der Waals surface area contributed by atoms with Crippen molar-refractivity contribution in [3.63, 3.8) is 0 Å². The minimum atomic E-state index is -0.150. The van der Waals surface area contributed by atoms with Crippen LogP contribution in [0.3, 0.4) is 0 Å². The first-order valence-corrected chi connectivity index (χ1v) is 3.02. The number of Topliss-reactive ketones (excluding diaryl/α,β-unsaturated/α-hetero) is 1. The largest absolute Gasteiger partial charge is 0.452 e. The first kappa shape index (κ1) is 7.53. The van der Waals surface area contributed by atoms with E-state index in [-0.39, 0.29) is 11.5 Å². The monoisotopic (exact) mass is 153 g/mol. The van der Waals surface area contributed by atoms with Crippen molar-refractivity contribution in [2.75, 3.05) is 0 Å². The second kappa shape index (κ2) is 3.01. The Bertz CT molecular complexity index is 288. The molecule has 1 aromatic heterocycles. The van der Waals surface area contributed by atoms with Crippen LogP contribution in [-0.2, 0) is 0 Å². The van der Waals surface area contributed by atoms with Gasteiger partial charge < -0.3 is 9.62 Å². The molecule has 4 heteroatoms. The molecule has 0 fully saturated rings. The third kappa shape index (κ3) is 1.67. The Hall–Kier alpha value is -1.58. The number of furan rings is 1. The molecule has 1 aromatic rings. The zero-order valence-corrected chi connectivity index (χ0v) is 5.94. The molecule has 0 amide bonds. The standard InChI is InChI=1S/C7H7NO3/c1-5(9)7-3-2-6(11-7)4-8-10/h2-4,10H,1H3/b8-4-.